The molecule has 10 heteroatoms. The molecule has 174 valence electrons. The van der Waals surface area contributed by atoms with Gasteiger partial charge in [-0.1, -0.05) is 12.5 Å². The van der Waals surface area contributed by atoms with Gasteiger partial charge in [0.2, 0.25) is 5.91 Å². The Bertz CT molecular complexity index is 1390. The molecule has 34 heavy (non-hydrogen) atoms. The Morgan fingerprint density at radius 2 is 2.06 bits per heavy atom. The minimum atomic E-state index is -0.698. The number of carbonyl (C=O) groups is 2. The van der Waals surface area contributed by atoms with E-state index in [-0.39, 0.29) is 28.8 Å². The number of nitrogens with one attached hydrogen (secondary N) is 1. The van der Waals surface area contributed by atoms with Crippen molar-refractivity contribution >= 4 is 28.7 Å². The van der Waals surface area contributed by atoms with Crippen LogP contribution in [0.4, 0.5) is 10.2 Å². The number of imidazole rings is 1. The molecule has 0 radical (unpaired) electrons. The van der Waals surface area contributed by atoms with Crippen molar-refractivity contribution in [2.75, 3.05) is 25.5 Å². The summed E-state index contributed by atoms with van der Waals surface area (Å²) < 4.78 is 18.5. The summed E-state index contributed by atoms with van der Waals surface area (Å²) in [6, 6.07) is 3.27. The predicted octanol–water partition coefficient (Wildman–Crippen LogP) is 2.21. The number of hydrogen-bond donors (Lipinski definition) is 2. The summed E-state index contributed by atoms with van der Waals surface area (Å²) in [6.45, 7) is 4.49. The molecule has 1 unspecified atom stereocenters. The zero-order valence-electron chi connectivity index (χ0n) is 18.7. The van der Waals surface area contributed by atoms with Gasteiger partial charge in [-0.15, -0.1) is 0 Å². The van der Waals surface area contributed by atoms with Crippen LogP contribution in [0.3, 0.4) is 0 Å². The minimum absolute atomic E-state index is 0.128. The normalized spacial score (nSPS) is 17.5. The standard InChI is InChI=1S/C24H24FN7O2/c1-3-21(33)30-9-8-16(12-30)32-24(27-2)22(23(26)34)18(29-32)7-4-14-10-19-20(11-17(14)25)31(13-28-19)15-5-6-15/h3,10-11,13,15-16,27H,1,5-6,8-9,12H2,2H3,(H2,26,34). The fourth-order valence-corrected chi connectivity index (χ4v) is 4.44. The lowest BCUT2D eigenvalue weighted by molar-refractivity contribution is -0.125. The molecule has 9 nitrogen and oxygen atoms in total. The third-order valence-corrected chi connectivity index (χ3v) is 6.31. The van der Waals surface area contributed by atoms with Crippen LogP contribution in [-0.4, -0.2) is 56.2 Å². The molecule has 3 N–H and O–H groups in total. The van der Waals surface area contributed by atoms with Crippen molar-refractivity contribution in [3.63, 3.8) is 0 Å². The molecule has 0 bridgehead atoms. The zero-order chi connectivity index (χ0) is 24.0. The van der Waals surface area contributed by atoms with E-state index in [0.29, 0.717) is 36.9 Å². The predicted molar refractivity (Wildman–Crippen MR) is 125 cm³/mol. The van der Waals surface area contributed by atoms with Crippen molar-refractivity contribution < 1.29 is 14.0 Å². The second-order valence-electron chi connectivity index (χ2n) is 8.52. The Kier molecular flexibility index (Phi) is 5.32. The van der Waals surface area contributed by atoms with Crippen molar-refractivity contribution in [1.82, 2.24) is 24.2 Å². The fourth-order valence-electron chi connectivity index (χ4n) is 4.44. The Balaban J connectivity index is 1.51. The maximum Gasteiger partial charge on any atom is 0.255 e. The van der Waals surface area contributed by atoms with Gasteiger partial charge in [0, 0.05) is 32.2 Å². The van der Waals surface area contributed by atoms with Gasteiger partial charge in [0.15, 0.2) is 5.69 Å². The number of anilines is 1. The Morgan fingerprint density at radius 1 is 1.26 bits per heavy atom. The van der Waals surface area contributed by atoms with Gasteiger partial charge in [0.05, 0.1) is 29.0 Å². The van der Waals surface area contributed by atoms with Crippen LogP contribution >= 0.6 is 0 Å². The first-order chi connectivity index (χ1) is 16.4. The summed E-state index contributed by atoms with van der Waals surface area (Å²) in [5.41, 5.74) is 7.48. The Morgan fingerprint density at radius 3 is 2.74 bits per heavy atom. The number of aromatic nitrogens is 4. The SMILES string of the molecule is C=CC(=O)N1CCC(n2nc(C#Cc3cc4ncn(C5CC5)c4cc3F)c(C(N)=O)c2NC)C1. The van der Waals surface area contributed by atoms with Crippen LogP contribution in [0.5, 0.6) is 0 Å². The summed E-state index contributed by atoms with van der Waals surface area (Å²) in [6.07, 6.45) is 5.79. The summed E-state index contributed by atoms with van der Waals surface area (Å²) in [5.74, 6) is 4.71. The molecule has 3 heterocycles. The lowest BCUT2D eigenvalue weighted by Crippen LogP contribution is -2.27. The highest BCUT2D eigenvalue weighted by Gasteiger charge is 2.31. The average Bonchev–Trinajstić information content (AvgIpc) is 3.24. The van der Waals surface area contributed by atoms with Crippen molar-refractivity contribution in [2.45, 2.75) is 31.3 Å². The maximum atomic E-state index is 14.9. The second-order valence-corrected chi connectivity index (χ2v) is 8.52. The van der Waals surface area contributed by atoms with E-state index in [2.05, 4.69) is 33.8 Å². The number of fused-ring (bicyclic) bond motifs is 1. The molecule has 1 aromatic carbocycles. The molecule has 1 aliphatic carbocycles. The average molecular weight is 462 g/mol. The van der Waals surface area contributed by atoms with Gasteiger partial charge in [0.1, 0.15) is 17.2 Å². The number of amides is 2. The highest BCUT2D eigenvalue weighted by atomic mass is 19.1. The fraction of sp³-hybridized carbons (Fsp3) is 0.333. The van der Waals surface area contributed by atoms with Crippen LogP contribution in [-0.2, 0) is 4.79 Å². The Hall–Kier alpha value is -4.13. The molecule has 1 aliphatic heterocycles. The van der Waals surface area contributed by atoms with Crippen LogP contribution < -0.4 is 11.1 Å². The molecule has 2 aliphatic rings. The maximum absolute atomic E-state index is 14.9. The highest BCUT2D eigenvalue weighted by Crippen LogP contribution is 2.37. The third-order valence-electron chi connectivity index (χ3n) is 6.31. The van der Waals surface area contributed by atoms with Gasteiger partial charge in [-0.25, -0.2) is 14.1 Å². The molecule has 1 saturated carbocycles. The highest BCUT2D eigenvalue weighted by molar-refractivity contribution is 6.00. The number of nitrogens with zero attached hydrogens (tertiary/aromatic N) is 5. The van der Waals surface area contributed by atoms with Gasteiger partial charge in [0.25, 0.3) is 5.91 Å². The monoisotopic (exact) mass is 461 g/mol. The summed E-state index contributed by atoms with van der Waals surface area (Å²) >= 11 is 0. The molecular formula is C24H24FN7O2. The topological polar surface area (TPSA) is 111 Å². The molecule has 5 rings (SSSR count). The van der Waals surface area contributed by atoms with Gasteiger partial charge in [-0.3, -0.25) is 9.59 Å². The molecule has 2 amide bonds. The smallest absolute Gasteiger partial charge is 0.255 e. The third kappa shape index (κ3) is 3.69. The number of primary amides is 1. The minimum Gasteiger partial charge on any atom is -0.373 e. The van der Waals surface area contributed by atoms with E-state index in [1.165, 1.54) is 12.1 Å². The molecule has 3 aromatic rings. The number of rotatable bonds is 5. The van der Waals surface area contributed by atoms with Crippen molar-refractivity contribution in [2.24, 2.45) is 5.73 Å². The first kappa shape index (κ1) is 21.7. The Labute approximate surface area is 195 Å². The quantitative estimate of drug-likeness (QED) is 0.447. The van der Waals surface area contributed by atoms with Crippen LogP contribution in [0.1, 0.15) is 53.0 Å². The van der Waals surface area contributed by atoms with E-state index in [4.69, 9.17) is 5.73 Å². The van der Waals surface area contributed by atoms with Crippen LogP contribution in [0, 0.1) is 17.7 Å². The van der Waals surface area contributed by atoms with Crippen LogP contribution in [0.2, 0.25) is 0 Å². The largest absolute Gasteiger partial charge is 0.373 e. The molecule has 0 spiro atoms. The number of likely N-dealkylation sites (tertiary alicyclic amines) is 1. The number of benzene rings is 1. The number of halogens is 1. The molecule has 2 aromatic heterocycles. The van der Waals surface area contributed by atoms with Crippen molar-refractivity contribution in [3.05, 3.63) is 53.8 Å². The summed E-state index contributed by atoms with van der Waals surface area (Å²) in [7, 11) is 1.66. The number of carbonyl (C=O) groups excluding carboxylic acids is 2. The molecule has 1 atom stereocenters. The van der Waals surface area contributed by atoms with Crippen LogP contribution in [0.15, 0.2) is 31.1 Å². The van der Waals surface area contributed by atoms with Gasteiger partial charge in [-0.2, -0.15) is 5.10 Å². The van der Waals surface area contributed by atoms with Gasteiger partial charge < -0.3 is 20.5 Å². The first-order valence-corrected chi connectivity index (χ1v) is 11.1. The van der Waals surface area contributed by atoms with E-state index < -0.39 is 11.7 Å². The van der Waals surface area contributed by atoms with E-state index in [1.807, 2.05) is 4.57 Å². The van der Waals surface area contributed by atoms with Crippen molar-refractivity contribution in [1.29, 1.82) is 0 Å². The molecular weight excluding hydrogens is 437 g/mol. The second kappa shape index (κ2) is 8.33. The van der Waals surface area contributed by atoms with Gasteiger partial charge in [-0.05, 0) is 37.3 Å². The number of nitrogens with two attached hydrogens (primary N) is 1. The zero-order valence-corrected chi connectivity index (χ0v) is 18.7. The first-order valence-electron chi connectivity index (χ1n) is 11.1. The summed E-state index contributed by atoms with van der Waals surface area (Å²) in [5, 5.41) is 7.50. The van der Waals surface area contributed by atoms with E-state index in [1.54, 1.807) is 29.0 Å². The van der Waals surface area contributed by atoms with Gasteiger partial charge >= 0.3 is 0 Å². The molecule has 1 saturated heterocycles. The summed E-state index contributed by atoms with van der Waals surface area (Å²) in [4.78, 5) is 30.3. The van der Waals surface area contributed by atoms with E-state index in [0.717, 1.165) is 18.4 Å². The number of hydrogen-bond acceptors (Lipinski definition) is 5. The van der Waals surface area contributed by atoms with E-state index >= 15 is 0 Å². The lowest BCUT2D eigenvalue weighted by atomic mass is 10.1. The van der Waals surface area contributed by atoms with Crippen molar-refractivity contribution in [3.8, 4) is 11.8 Å². The molecule has 2 fully saturated rings. The lowest BCUT2D eigenvalue weighted by Gasteiger charge is -2.16. The van der Waals surface area contributed by atoms with Crippen LogP contribution in [0.25, 0.3) is 11.0 Å². The van der Waals surface area contributed by atoms with E-state index in [9.17, 15) is 14.0 Å².